The van der Waals surface area contributed by atoms with Crippen LogP contribution in [0.2, 0.25) is 0 Å². The minimum Gasteiger partial charge on any atom is -0.468 e. The number of anilines is 1. The van der Waals surface area contributed by atoms with Crippen LogP contribution in [0.3, 0.4) is 0 Å². The van der Waals surface area contributed by atoms with Crippen LogP contribution in [0.5, 0.6) is 0 Å². The lowest BCUT2D eigenvalue weighted by Crippen LogP contribution is -2.41. The van der Waals surface area contributed by atoms with Gasteiger partial charge in [-0.1, -0.05) is 12.1 Å². The Hall–Kier alpha value is -3.36. The molecule has 0 aliphatic carbocycles. The summed E-state index contributed by atoms with van der Waals surface area (Å²) < 4.78 is 38.7. The lowest BCUT2D eigenvalue weighted by molar-refractivity contribution is -0.144. The molecular weight excluding hydrogens is 412 g/mol. The molecular formula is C19H20N4O6S. The first-order chi connectivity index (χ1) is 14.3. The number of nitriles is 1. The molecule has 1 fully saturated rings. The van der Waals surface area contributed by atoms with Gasteiger partial charge in [-0.15, -0.1) is 0 Å². The molecule has 3 rings (SSSR count). The third kappa shape index (κ3) is 3.40. The maximum atomic E-state index is 13.5. The largest absolute Gasteiger partial charge is 0.468 e. The predicted molar refractivity (Wildman–Crippen MR) is 105 cm³/mol. The highest BCUT2D eigenvalue weighted by Crippen LogP contribution is 2.33. The number of carbonyl (C=O) groups is 2. The van der Waals surface area contributed by atoms with Gasteiger partial charge < -0.3 is 19.8 Å². The van der Waals surface area contributed by atoms with E-state index in [1.54, 1.807) is 6.07 Å². The second-order valence-corrected chi connectivity index (χ2v) is 8.40. The highest BCUT2D eigenvalue weighted by atomic mass is 32.2. The van der Waals surface area contributed by atoms with Crippen LogP contribution in [-0.2, 0) is 24.3 Å². The average molecular weight is 432 g/mol. The zero-order chi connectivity index (χ0) is 22.1. The first-order valence-corrected chi connectivity index (χ1v) is 10.4. The van der Waals surface area contributed by atoms with E-state index in [9.17, 15) is 23.3 Å². The Morgan fingerprint density at radius 3 is 2.57 bits per heavy atom. The second-order valence-electron chi connectivity index (χ2n) is 6.54. The maximum absolute atomic E-state index is 13.5. The van der Waals surface area contributed by atoms with Gasteiger partial charge >= 0.3 is 11.9 Å². The van der Waals surface area contributed by atoms with Crippen molar-refractivity contribution in [3.8, 4) is 11.8 Å². The van der Waals surface area contributed by atoms with E-state index in [4.69, 9.17) is 15.2 Å². The van der Waals surface area contributed by atoms with E-state index in [1.807, 2.05) is 6.07 Å². The minimum absolute atomic E-state index is 0.00351. The SMILES string of the molecule is COC(=O)c1c(N)c(C#N)cn1-c1ccccc1S(=O)(=O)N1CCCC1C(=O)OC. The Morgan fingerprint density at radius 2 is 1.93 bits per heavy atom. The number of rotatable bonds is 5. The van der Waals surface area contributed by atoms with Crippen molar-refractivity contribution in [1.29, 1.82) is 5.26 Å². The Kier molecular flexibility index (Phi) is 5.82. The molecule has 11 heteroatoms. The number of benzene rings is 1. The molecule has 1 aromatic carbocycles. The third-order valence-corrected chi connectivity index (χ3v) is 6.89. The Labute approximate surface area is 173 Å². The average Bonchev–Trinajstić information content (AvgIpc) is 3.37. The number of nitrogens with zero attached hydrogens (tertiary/aromatic N) is 3. The first kappa shape index (κ1) is 21.4. The smallest absolute Gasteiger partial charge is 0.357 e. The molecule has 0 amide bonds. The number of para-hydroxylation sites is 1. The number of esters is 2. The fourth-order valence-corrected chi connectivity index (χ4v) is 5.33. The number of nitrogens with two attached hydrogens (primary N) is 1. The van der Waals surface area contributed by atoms with Crippen LogP contribution in [0.1, 0.15) is 28.9 Å². The number of nitrogen functional groups attached to an aromatic ring is 1. The standard InChI is InChI=1S/C19H20N4O6S/c1-28-18(24)14-7-5-9-23(14)30(26,27)15-8-4-3-6-13(15)22-11-12(10-20)16(21)17(22)19(25)29-2/h3-4,6,8,11,14H,5,7,9,21H2,1-2H3. The van der Waals surface area contributed by atoms with Gasteiger partial charge in [-0.05, 0) is 25.0 Å². The predicted octanol–water partition coefficient (Wildman–Crippen LogP) is 1.04. The normalized spacial score (nSPS) is 16.8. The molecule has 1 aromatic heterocycles. The van der Waals surface area contributed by atoms with Gasteiger partial charge in [0.2, 0.25) is 10.0 Å². The van der Waals surface area contributed by atoms with Gasteiger partial charge in [0.25, 0.3) is 0 Å². The number of sulfonamides is 1. The zero-order valence-electron chi connectivity index (χ0n) is 16.4. The van der Waals surface area contributed by atoms with Crippen LogP contribution >= 0.6 is 0 Å². The summed E-state index contributed by atoms with van der Waals surface area (Å²) in [4.78, 5) is 24.2. The molecule has 158 valence electrons. The van der Waals surface area contributed by atoms with E-state index in [2.05, 4.69) is 0 Å². The number of ether oxygens (including phenoxy) is 2. The Balaban J connectivity index is 2.21. The molecule has 2 heterocycles. The molecule has 2 N–H and O–H groups in total. The summed E-state index contributed by atoms with van der Waals surface area (Å²) in [5, 5.41) is 9.31. The van der Waals surface area contributed by atoms with Crippen LogP contribution in [0.25, 0.3) is 5.69 Å². The fourth-order valence-electron chi connectivity index (χ4n) is 3.50. The molecule has 2 aromatic rings. The van der Waals surface area contributed by atoms with Gasteiger partial charge in [-0.25, -0.2) is 13.2 Å². The fraction of sp³-hybridized carbons (Fsp3) is 0.316. The number of carbonyl (C=O) groups excluding carboxylic acids is 2. The van der Waals surface area contributed by atoms with Crippen molar-refractivity contribution < 1.29 is 27.5 Å². The quantitative estimate of drug-likeness (QED) is 0.690. The monoisotopic (exact) mass is 432 g/mol. The van der Waals surface area contributed by atoms with Gasteiger partial charge in [0.1, 0.15) is 17.0 Å². The summed E-state index contributed by atoms with van der Waals surface area (Å²) in [5.74, 6) is -1.46. The molecule has 0 bridgehead atoms. The van der Waals surface area contributed by atoms with E-state index < -0.39 is 28.0 Å². The second kappa shape index (κ2) is 8.17. The molecule has 10 nitrogen and oxygen atoms in total. The van der Waals surface area contributed by atoms with Crippen molar-refractivity contribution in [3.05, 3.63) is 41.7 Å². The molecule has 1 saturated heterocycles. The van der Waals surface area contributed by atoms with Crippen molar-refractivity contribution in [3.63, 3.8) is 0 Å². The van der Waals surface area contributed by atoms with Gasteiger partial charge in [0, 0.05) is 12.7 Å². The van der Waals surface area contributed by atoms with Crippen molar-refractivity contribution in [2.75, 3.05) is 26.5 Å². The summed E-state index contributed by atoms with van der Waals surface area (Å²) >= 11 is 0. The third-order valence-electron chi connectivity index (χ3n) is 4.93. The molecule has 1 unspecified atom stereocenters. The van der Waals surface area contributed by atoms with Crippen molar-refractivity contribution >= 4 is 27.6 Å². The number of hydrogen-bond donors (Lipinski definition) is 1. The summed E-state index contributed by atoms with van der Waals surface area (Å²) in [6, 6.07) is 6.88. The lowest BCUT2D eigenvalue weighted by atomic mass is 10.2. The van der Waals surface area contributed by atoms with Crippen LogP contribution < -0.4 is 5.73 Å². The van der Waals surface area contributed by atoms with Crippen LogP contribution in [-0.4, -0.2) is 56.0 Å². The van der Waals surface area contributed by atoms with E-state index in [-0.39, 0.29) is 34.1 Å². The van der Waals surface area contributed by atoms with Crippen LogP contribution in [0.15, 0.2) is 35.4 Å². The van der Waals surface area contributed by atoms with E-state index in [0.29, 0.717) is 12.8 Å². The number of methoxy groups -OCH3 is 2. The zero-order valence-corrected chi connectivity index (χ0v) is 17.2. The van der Waals surface area contributed by atoms with E-state index in [0.717, 1.165) is 11.4 Å². The molecule has 0 radical (unpaired) electrons. The van der Waals surface area contributed by atoms with Crippen LogP contribution in [0.4, 0.5) is 5.69 Å². The molecule has 0 saturated carbocycles. The number of aromatic nitrogens is 1. The van der Waals surface area contributed by atoms with E-state index in [1.165, 1.54) is 36.1 Å². The lowest BCUT2D eigenvalue weighted by Gasteiger charge is -2.24. The molecule has 1 atom stereocenters. The molecule has 30 heavy (non-hydrogen) atoms. The van der Waals surface area contributed by atoms with Crippen LogP contribution in [0, 0.1) is 11.3 Å². The highest BCUT2D eigenvalue weighted by molar-refractivity contribution is 7.89. The van der Waals surface area contributed by atoms with Crippen molar-refractivity contribution in [2.45, 2.75) is 23.8 Å². The number of hydrogen-bond acceptors (Lipinski definition) is 8. The van der Waals surface area contributed by atoms with Gasteiger partial charge in [0.15, 0.2) is 5.69 Å². The molecule has 0 spiro atoms. The van der Waals surface area contributed by atoms with Crippen molar-refractivity contribution in [2.24, 2.45) is 0 Å². The summed E-state index contributed by atoms with van der Waals surface area (Å²) in [7, 11) is -1.79. The first-order valence-electron chi connectivity index (χ1n) is 8.96. The molecule has 1 aliphatic rings. The summed E-state index contributed by atoms with van der Waals surface area (Å²) in [5.41, 5.74) is 5.74. The Morgan fingerprint density at radius 1 is 1.23 bits per heavy atom. The topological polar surface area (TPSA) is 145 Å². The summed E-state index contributed by atoms with van der Waals surface area (Å²) in [6.45, 7) is 0.150. The van der Waals surface area contributed by atoms with Gasteiger partial charge in [-0.2, -0.15) is 9.57 Å². The summed E-state index contributed by atoms with van der Waals surface area (Å²) in [6.07, 6.45) is 2.12. The highest BCUT2D eigenvalue weighted by Gasteiger charge is 2.41. The minimum atomic E-state index is -4.15. The van der Waals surface area contributed by atoms with Gasteiger partial charge in [0.05, 0.1) is 31.2 Å². The van der Waals surface area contributed by atoms with Crippen molar-refractivity contribution in [1.82, 2.24) is 8.87 Å². The van der Waals surface area contributed by atoms with Gasteiger partial charge in [-0.3, -0.25) is 4.79 Å². The molecule has 1 aliphatic heterocycles. The Bertz CT molecular complexity index is 1150. The maximum Gasteiger partial charge on any atom is 0.357 e. The van der Waals surface area contributed by atoms with E-state index >= 15 is 0 Å².